The van der Waals surface area contributed by atoms with Crippen molar-refractivity contribution in [2.75, 3.05) is 13.2 Å². The maximum atomic E-state index is 9.70. The lowest BCUT2D eigenvalue weighted by molar-refractivity contribution is -0.00185. The van der Waals surface area contributed by atoms with Crippen LogP contribution in [0.4, 0.5) is 0 Å². The first kappa shape index (κ1) is 13.5. The number of benzene rings is 1. The summed E-state index contributed by atoms with van der Waals surface area (Å²) in [6, 6.07) is 9.15. The van der Waals surface area contributed by atoms with E-state index in [0.717, 1.165) is 12.8 Å². The number of aliphatic hydroxyl groups excluding tert-OH is 1. The Kier molecular flexibility index (Phi) is 4.05. The van der Waals surface area contributed by atoms with Crippen molar-refractivity contribution in [1.29, 1.82) is 0 Å². The Morgan fingerprint density at radius 1 is 1.39 bits per heavy atom. The molecule has 1 fully saturated rings. The summed E-state index contributed by atoms with van der Waals surface area (Å²) in [7, 11) is 0. The van der Waals surface area contributed by atoms with Crippen LogP contribution in [0.3, 0.4) is 0 Å². The molecule has 18 heavy (non-hydrogen) atoms. The molecule has 1 saturated carbocycles. The van der Waals surface area contributed by atoms with E-state index in [1.165, 1.54) is 11.1 Å². The molecule has 1 aliphatic carbocycles. The molecule has 3 heteroatoms. The molecule has 0 heterocycles. The molecule has 0 spiro atoms. The van der Waals surface area contributed by atoms with Gasteiger partial charge >= 0.3 is 0 Å². The summed E-state index contributed by atoms with van der Waals surface area (Å²) in [4.78, 5) is 0. The number of hydrogen-bond donors (Lipinski definition) is 3. The molecular formula is C15H23NO2. The molecular weight excluding hydrogens is 226 g/mol. The van der Waals surface area contributed by atoms with E-state index in [-0.39, 0.29) is 6.61 Å². The van der Waals surface area contributed by atoms with Crippen molar-refractivity contribution in [3.63, 3.8) is 0 Å². The van der Waals surface area contributed by atoms with Gasteiger partial charge in [-0.3, -0.25) is 0 Å². The fraction of sp³-hybridized carbons (Fsp3) is 0.600. The van der Waals surface area contributed by atoms with Crippen LogP contribution in [0.1, 0.15) is 36.8 Å². The largest absolute Gasteiger partial charge is 0.393 e. The van der Waals surface area contributed by atoms with Crippen molar-refractivity contribution in [2.24, 2.45) is 0 Å². The van der Waals surface area contributed by atoms with Crippen molar-refractivity contribution >= 4 is 0 Å². The predicted octanol–water partition coefficient (Wildman–Crippen LogP) is 1.57. The summed E-state index contributed by atoms with van der Waals surface area (Å²) in [6.45, 7) is 4.02. The van der Waals surface area contributed by atoms with Gasteiger partial charge in [0.15, 0.2) is 0 Å². The monoisotopic (exact) mass is 249 g/mol. The molecule has 1 aromatic carbocycles. The van der Waals surface area contributed by atoms with Gasteiger partial charge < -0.3 is 15.5 Å². The van der Waals surface area contributed by atoms with E-state index in [4.69, 9.17) is 5.11 Å². The van der Waals surface area contributed by atoms with E-state index in [9.17, 15) is 5.11 Å². The first-order valence-electron chi connectivity index (χ1n) is 6.63. The van der Waals surface area contributed by atoms with Crippen LogP contribution in [0.25, 0.3) is 0 Å². The zero-order valence-electron chi connectivity index (χ0n) is 11.2. The SMILES string of the molecule is Cc1cccc(C2CC(NCC(C)(O)CO)C2)c1. The Labute approximate surface area is 109 Å². The second-order valence-electron chi connectivity index (χ2n) is 5.82. The van der Waals surface area contributed by atoms with E-state index in [2.05, 4.69) is 36.5 Å². The molecule has 0 saturated heterocycles. The lowest BCUT2D eigenvalue weighted by atomic mass is 9.75. The van der Waals surface area contributed by atoms with E-state index in [0.29, 0.717) is 18.5 Å². The molecule has 1 unspecified atom stereocenters. The Morgan fingerprint density at radius 3 is 2.72 bits per heavy atom. The third-order valence-corrected chi connectivity index (χ3v) is 3.76. The summed E-state index contributed by atoms with van der Waals surface area (Å²) in [5.41, 5.74) is 1.73. The van der Waals surface area contributed by atoms with Crippen molar-refractivity contribution in [3.8, 4) is 0 Å². The first-order valence-corrected chi connectivity index (χ1v) is 6.63. The normalized spacial score (nSPS) is 26.4. The quantitative estimate of drug-likeness (QED) is 0.742. The average Bonchev–Trinajstić information content (AvgIpc) is 2.27. The Morgan fingerprint density at radius 2 is 2.11 bits per heavy atom. The second-order valence-corrected chi connectivity index (χ2v) is 5.82. The number of hydrogen-bond acceptors (Lipinski definition) is 3. The van der Waals surface area contributed by atoms with Gasteiger partial charge in [0.2, 0.25) is 0 Å². The highest BCUT2D eigenvalue weighted by Crippen LogP contribution is 2.37. The topological polar surface area (TPSA) is 52.5 Å². The summed E-state index contributed by atoms with van der Waals surface area (Å²) in [6.07, 6.45) is 2.23. The van der Waals surface area contributed by atoms with Crippen LogP contribution >= 0.6 is 0 Å². The van der Waals surface area contributed by atoms with Gasteiger partial charge in [-0.1, -0.05) is 29.8 Å². The molecule has 0 aromatic heterocycles. The summed E-state index contributed by atoms with van der Waals surface area (Å²) in [5, 5.41) is 22.0. The minimum absolute atomic E-state index is 0.200. The Balaban J connectivity index is 1.77. The maximum absolute atomic E-state index is 9.70. The van der Waals surface area contributed by atoms with Crippen molar-refractivity contribution < 1.29 is 10.2 Å². The number of rotatable bonds is 5. The number of aryl methyl sites for hydroxylation is 1. The fourth-order valence-electron chi connectivity index (χ4n) is 2.40. The van der Waals surface area contributed by atoms with E-state index in [1.54, 1.807) is 6.92 Å². The number of nitrogens with one attached hydrogen (secondary N) is 1. The van der Waals surface area contributed by atoms with Crippen LogP contribution in [0.5, 0.6) is 0 Å². The summed E-state index contributed by atoms with van der Waals surface area (Å²) in [5.74, 6) is 0.640. The standard InChI is InChI=1S/C15H23NO2/c1-11-4-3-5-12(6-11)13-7-14(8-13)16-9-15(2,18)10-17/h3-6,13-14,16-18H,7-10H2,1-2H3. The minimum Gasteiger partial charge on any atom is -0.393 e. The molecule has 0 bridgehead atoms. The predicted molar refractivity (Wildman–Crippen MR) is 72.7 cm³/mol. The average molecular weight is 249 g/mol. The highest BCUT2D eigenvalue weighted by atomic mass is 16.3. The molecule has 0 radical (unpaired) electrons. The Bertz CT molecular complexity index is 397. The minimum atomic E-state index is -1.01. The smallest absolute Gasteiger partial charge is 0.0972 e. The van der Waals surface area contributed by atoms with Gasteiger partial charge in [-0.05, 0) is 38.2 Å². The van der Waals surface area contributed by atoms with Crippen molar-refractivity contribution in [3.05, 3.63) is 35.4 Å². The molecule has 3 nitrogen and oxygen atoms in total. The van der Waals surface area contributed by atoms with Gasteiger partial charge in [0.25, 0.3) is 0 Å². The first-order chi connectivity index (χ1) is 8.50. The van der Waals surface area contributed by atoms with Gasteiger partial charge in [-0.2, -0.15) is 0 Å². The molecule has 0 amide bonds. The van der Waals surface area contributed by atoms with Crippen LogP contribution in [-0.4, -0.2) is 35.0 Å². The van der Waals surface area contributed by atoms with Crippen LogP contribution in [0, 0.1) is 6.92 Å². The molecule has 3 N–H and O–H groups in total. The molecule has 100 valence electrons. The van der Waals surface area contributed by atoms with Gasteiger partial charge in [0.1, 0.15) is 0 Å². The van der Waals surface area contributed by atoms with Crippen LogP contribution in [0.15, 0.2) is 24.3 Å². The molecule has 2 rings (SSSR count). The van der Waals surface area contributed by atoms with Crippen molar-refractivity contribution in [2.45, 2.75) is 44.2 Å². The Hall–Kier alpha value is -0.900. The zero-order valence-corrected chi connectivity index (χ0v) is 11.2. The second kappa shape index (κ2) is 5.39. The highest BCUT2D eigenvalue weighted by molar-refractivity contribution is 5.27. The third-order valence-electron chi connectivity index (χ3n) is 3.76. The van der Waals surface area contributed by atoms with Gasteiger partial charge in [-0.15, -0.1) is 0 Å². The lowest BCUT2D eigenvalue weighted by Gasteiger charge is -2.38. The van der Waals surface area contributed by atoms with E-state index >= 15 is 0 Å². The van der Waals surface area contributed by atoms with Gasteiger partial charge in [-0.25, -0.2) is 0 Å². The molecule has 1 aromatic rings. The number of aliphatic hydroxyl groups is 2. The lowest BCUT2D eigenvalue weighted by Crippen LogP contribution is -2.48. The van der Waals surface area contributed by atoms with Crippen LogP contribution < -0.4 is 5.32 Å². The van der Waals surface area contributed by atoms with Crippen LogP contribution in [-0.2, 0) is 0 Å². The van der Waals surface area contributed by atoms with Gasteiger partial charge in [0, 0.05) is 12.6 Å². The van der Waals surface area contributed by atoms with Gasteiger partial charge in [0.05, 0.1) is 12.2 Å². The fourth-order valence-corrected chi connectivity index (χ4v) is 2.40. The summed E-state index contributed by atoms with van der Waals surface area (Å²) < 4.78 is 0. The maximum Gasteiger partial charge on any atom is 0.0972 e. The molecule has 1 atom stereocenters. The van der Waals surface area contributed by atoms with Crippen LogP contribution in [0.2, 0.25) is 0 Å². The van der Waals surface area contributed by atoms with E-state index in [1.807, 2.05) is 0 Å². The summed E-state index contributed by atoms with van der Waals surface area (Å²) >= 11 is 0. The molecule has 1 aliphatic rings. The third kappa shape index (κ3) is 3.31. The van der Waals surface area contributed by atoms with E-state index < -0.39 is 5.60 Å². The van der Waals surface area contributed by atoms with Crippen molar-refractivity contribution in [1.82, 2.24) is 5.32 Å². The highest BCUT2D eigenvalue weighted by Gasteiger charge is 2.31. The zero-order chi connectivity index (χ0) is 13.2. The molecule has 0 aliphatic heterocycles.